The van der Waals surface area contributed by atoms with Crippen LogP contribution in [0.4, 0.5) is 0 Å². The van der Waals surface area contributed by atoms with E-state index in [0.717, 1.165) is 29.4 Å². The number of hydrogen-bond acceptors (Lipinski definition) is 6. The fourth-order valence-corrected chi connectivity index (χ4v) is 3.85. The van der Waals surface area contributed by atoms with Gasteiger partial charge in [0.2, 0.25) is 0 Å². The molecule has 0 fully saturated rings. The fraction of sp³-hybridized carbons (Fsp3) is 0.250. The van der Waals surface area contributed by atoms with E-state index >= 15 is 0 Å². The average molecular weight is 331 g/mol. The van der Waals surface area contributed by atoms with Crippen molar-refractivity contribution in [2.45, 2.75) is 13.1 Å². The molecule has 114 valence electrons. The molecule has 0 amide bonds. The van der Waals surface area contributed by atoms with Crippen LogP contribution in [-0.4, -0.2) is 33.1 Å². The minimum absolute atomic E-state index is 0.141. The summed E-state index contributed by atoms with van der Waals surface area (Å²) in [5.41, 5.74) is 2.19. The van der Waals surface area contributed by atoms with Crippen molar-refractivity contribution in [3.05, 3.63) is 58.7 Å². The molecule has 4 nitrogen and oxygen atoms in total. The molecule has 0 unspecified atom stereocenters. The number of hydrogen-bond donors (Lipinski definition) is 1. The van der Waals surface area contributed by atoms with Crippen molar-refractivity contribution in [3.8, 4) is 9.88 Å². The largest absolute Gasteiger partial charge is 0.395 e. The van der Waals surface area contributed by atoms with Gasteiger partial charge in [-0.3, -0.25) is 9.88 Å². The lowest BCUT2D eigenvalue weighted by Gasteiger charge is -2.20. The Bertz CT molecular complexity index is 683. The highest BCUT2D eigenvalue weighted by Gasteiger charge is 2.11. The molecule has 0 saturated carbocycles. The van der Waals surface area contributed by atoms with Crippen molar-refractivity contribution in [1.29, 1.82) is 0 Å². The van der Waals surface area contributed by atoms with Crippen LogP contribution < -0.4 is 0 Å². The zero-order valence-corrected chi connectivity index (χ0v) is 13.7. The second-order valence-electron chi connectivity index (χ2n) is 4.92. The maximum Gasteiger partial charge on any atom is 0.133 e. The first-order valence-electron chi connectivity index (χ1n) is 7.05. The number of pyridine rings is 1. The number of rotatable bonds is 7. The maximum atomic E-state index is 9.27. The van der Waals surface area contributed by atoms with E-state index in [1.807, 2.05) is 18.3 Å². The van der Waals surface area contributed by atoms with E-state index in [1.165, 1.54) is 4.88 Å². The van der Waals surface area contributed by atoms with Crippen LogP contribution >= 0.6 is 22.7 Å². The molecule has 0 bridgehead atoms. The van der Waals surface area contributed by atoms with E-state index in [-0.39, 0.29) is 6.61 Å². The third kappa shape index (κ3) is 3.98. The van der Waals surface area contributed by atoms with E-state index in [0.29, 0.717) is 6.54 Å². The molecule has 3 aromatic heterocycles. The van der Waals surface area contributed by atoms with Gasteiger partial charge in [-0.05, 0) is 23.1 Å². The Morgan fingerprint density at radius 1 is 1.14 bits per heavy atom. The predicted molar refractivity (Wildman–Crippen MR) is 90.9 cm³/mol. The first kappa shape index (κ1) is 15.3. The van der Waals surface area contributed by atoms with Crippen molar-refractivity contribution in [2.24, 2.45) is 0 Å². The number of aliphatic hydroxyl groups is 1. The van der Waals surface area contributed by atoms with E-state index in [9.17, 15) is 5.11 Å². The molecule has 0 aromatic carbocycles. The normalized spacial score (nSPS) is 11.2. The monoisotopic (exact) mass is 331 g/mol. The quantitative estimate of drug-likeness (QED) is 0.722. The second-order valence-corrected chi connectivity index (χ2v) is 6.72. The van der Waals surface area contributed by atoms with Gasteiger partial charge >= 0.3 is 0 Å². The molecule has 3 aromatic rings. The third-order valence-electron chi connectivity index (χ3n) is 3.21. The number of aromatic nitrogens is 2. The van der Waals surface area contributed by atoms with Crippen LogP contribution in [0.3, 0.4) is 0 Å². The standard InChI is InChI=1S/C16H17N3OS2/c20-7-6-19(10-13-3-1-5-17-9-13)11-14-12-22-16(18-14)15-4-2-8-21-15/h1-5,8-9,12,20H,6-7,10-11H2. The Labute approximate surface area is 137 Å². The predicted octanol–water partition coefficient (Wildman–Crippen LogP) is 3.26. The lowest BCUT2D eigenvalue weighted by molar-refractivity contribution is 0.183. The van der Waals surface area contributed by atoms with Gasteiger partial charge < -0.3 is 5.11 Å². The van der Waals surface area contributed by atoms with Crippen molar-refractivity contribution in [2.75, 3.05) is 13.2 Å². The smallest absolute Gasteiger partial charge is 0.133 e. The van der Waals surface area contributed by atoms with Gasteiger partial charge in [0.15, 0.2) is 0 Å². The average Bonchev–Trinajstić information content (AvgIpc) is 3.19. The van der Waals surface area contributed by atoms with Crippen LogP contribution in [0.5, 0.6) is 0 Å². The van der Waals surface area contributed by atoms with Crippen LogP contribution in [-0.2, 0) is 13.1 Å². The van der Waals surface area contributed by atoms with Crippen LogP contribution in [0.2, 0.25) is 0 Å². The fourth-order valence-electron chi connectivity index (χ4n) is 2.23. The second kappa shape index (κ2) is 7.60. The molecular weight excluding hydrogens is 314 g/mol. The van der Waals surface area contributed by atoms with Gasteiger partial charge in [-0.2, -0.15) is 0 Å². The van der Waals surface area contributed by atoms with E-state index in [2.05, 4.69) is 32.8 Å². The summed E-state index contributed by atoms with van der Waals surface area (Å²) in [7, 11) is 0. The lowest BCUT2D eigenvalue weighted by atomic mass is 10.2. The Hall–Kier alpha value is -1.60. The van der Waals surface area contributed by atoms with Gasteiger partial charge in [0, 0.05) is 37.4 Å². The zero-order chi connectivity index (χ0) is 15.2. The first-order chi connectivity index (χ1) is 10.8. The van der Waals surface area contributed by atoms with Gasteiger partial charge in [-0.1, -0.05) is 12.1 Å². The van der Waals surface area contributed by atoms with Crippen molar-refractivity contribution >= 4 is 22.7 Å². The third-order valence-corrected chi connectivity index (χ3v) is 5.14. The number of nitrogens with zero attached hydrogens (tertiary/aromatic N) is 3. The Morgan fingerprint density at radius 3 is 2.82 bits per heavy atom. The van der Waals surface area contributed by atoms with Crippen LogP contribution in [0, 0.1) is 0 Å². The van der Waals surface area contributed by atoms with E-state index in [1.54, 1.807) is 28.9 Å². The molecule has 6 heteroatoms. The Morgan fingerprint density at radius 2 is 2.09 bits per heavy atom. The van der Waals surface area contributed by atoms with Crippen LogP contribution in [0.1, 0.15) is 11.3 Å². The van der Waals surface area contributed by atoms with Gasteiger partial charge in [0.05, 0.1) is 17.2 Å². The van der Waals surface area contributed by atoms with Crippen LogP contribution in [0.25, 0.3) is 9.88 Å². The molecule has 22 heavy (non-hydrogen) atoms. The molecule has 0 aliphatic rings. The molecule has 0 radical (unpaired) electrons. The van der Waals surface area contributed by atoms with Gasteiger partial charge in [-0.25, -0.2) is 4.98 Å². The maximum absolute atomic E-state index is 9.27. The molecular formula is C16H17N3OS2. The molecule has 3 rings (SSSR count). The van der Waals surface area contributed by atoms with Crippen molar-refractivity contribution < 1.29 is 5.11 Å². The summed E-state index contributed by atoms with van der Waals surface area (Å²) in [6.45, 7) is 2.26. The molecule has 0 atom stereocenters. The highest BCUT2D eigenvalue weighted by molar-refractivity contribution is 7.20. The number of aliphatic hydroxyl groups excluding tert-OH is 1. The summed E-state index contributed by atoms with van der Waals surface area (Å²) in [6.07, 6.45) is 3.64. The highest BCUT2D eigenvalue weighted by atomic mass is 32.1. The van der Waals surface area contributed by atoms with Crippen molar-refractivity contribution in [3.63, 3.8) is 0 Å². The molecule has 3 heterocycles. The molecule has 0 spiro atoms. The SMILES string of the molecule is OCCN(Cc1cccnc1)Cc1csc(-c2cccs2)n1. The van der Waals surface area contributed by atoms with Crippen molar-refractivity contribution in [1.82, 2.24) is 14.9 Å². The summed E-state index contributed by atoms with van der Waals surface area (Å²) >= 11 is 3.38. The van der Waals surface area contributed by atoms with Gasteiger partial charge in [0.25, 0.3) is 0 Å². The first-order valence-corrected chi connectivity index (χ1v) is 8.81. The Balaban J connectivity index is 1.68. The van der Waals surface area contributed by atoms with E-state index in [4.69, 9.17) is 4.98 Å². The summed E-state index contributed by atoms with van der Waals surface area (Å²) in [5, 5.41) is 14.5. The molecule has 0 aliphatic carbocycles. The molecule has 0 aliphatic heterocycles. The minimum Gasteiger partial charge on any atom is -0.395 e. The zero-order valence-electron chi connectivity index (χ0n) is 12.1. The summed E-state index contributed by atoms with van der Waals surface area (Å²) < 4.78 is 0. The summed E-state index contributed by atoms with van der Waals surface area (Å²) in [6, 6.07) is 8.12. The molecule has 0 saturated heterocycles. The highest BCUT2D eigenvalue weighted by Crippen LogP contribution is 2.28. The number of thiophene rings is 1. The molecule has 1 N–H and O–H groups in total. The van der Waals surface area contributed by atoms with E-state index < -0.39 is 0 Å². The summed E-state index contributed by atoms with van der Waals surface area (Å²) in [4.78, 5) is 12.2. The topological polar surface area (TPSA) is 49.2 Å². The van der Waals surface area contributed by atoms with Crippen LogP contribution in [0.15, 0.2) is 47.4 Å². The lowest BCUT2D eigenvalue weighted by Crippen LogP contribution is -2.26. The summed E-state index contributed by atoms with van der Waals surface area (Å²) in [5.74, 6) is 0. The number of thiazole rings is 1. The van der Waals surface area contributed by atoms with Gasteiger partial charge in [-0.15, -0.1) is 22.7 Å². The minimum atomic E-state index is 0.141. The Kier molecular flexibility index (Phi) is 5.29. The van der Waals surface area contributed by atoms with Gasteiger partial charge in [0.1, 0.15) is 5.01 Å².